The second-order valence-electron chi connectivity index (χ2n) is 3.73. The van der Waals surface area contributed by atoms with Crippen molar-refractivity contribution >= 4 is 17.6 Å². The summed E-state index contributed by atoms with van der Waals surface area (Å²) in [5.41, 5.74) is 0.218. The molecule has 0 saturated carbocycles. The molecule has 2 aromatic rings. The molecule has 2 rings (SSSR count). The normalized spacial score (nSPS) is 10.5. The number of halogens is 2. The summed E-state index contributed by atoms with van der Waals surface area (Å²) in [5, 5.41) is 4.19. The molecule has 0 amide bonds. The van der Waals surface area contributed by atoms with Gasteiger partial charge in [-0.1, -0.05) is 11.6 Å². The number of carbonyl (C=O) groups is 1. The summed E-state index contributed by atoms with van der Waals surface area (Å²) in [5.74, 6) is -1.04. The van der Waals surface area contributed by atoms with E-state index in [1.807, 2.05) is 0 Å². The lowest BCUT2D eigenvalue weighted by Crippen LogP contribution is -2.07. The highest BCUT2D eigenvalue weighted by Crippen LogP contribution is 2.23. The topological polar surface area (TPSA) is 57.0 Å². The Hall–Kier alpha value is -1.95. The van der Waals surface area contributed by atoms with Crippen molar-refractivity contribution in [2.45, 2.75) is 6.92 Å². The number of hydrogen-bond acceptors (Lipinski definition) is 4. The number of aromatic nitrogens is 3. The Bertz CT molecular complexity index is 627. The smallest absolute Gasteiger partial charge is 0.378 e. The molecule has 5 nitrogen and oxygen atoms in total. The monoisotopic (exact) mass is 283 g/mol. The van der Waals surface area contributed by atoms with Gasteiger partial charge in [-0.05, 0) is 25.1 Å². The van der Waals surface area contributed by atoms with E-state index in [9.17, 15) is 9.18 Å². The Labute approximate surface area is 114 Å². The maximum absolute atomic E-state index is 13.8. The van der Waals surface area contributed by atoms with E-state index in [2.05, 4.69) is 10.1 Å². The van der Waals surface area contributed by atoms with E-state index in [0.717, 1.165) is 0 Å². The highest BCUT2D eigenvalue weighted by molar-refractivity contribution is 6.30. The van der Waals surface area contributed by atoms with Crippen molar-refractivity contribution in [2.24, 2.45) is 7.05 Å². The number of esters is 1. The second-order valence-corrected chi connectivity index (χ2v) is 4.16. The van der Waals surface area contributed by atoms with Crippen LogP contribution in [0.25, 0.3) is 11.4 Å². The van der Waals surface area contributed by atoms with Gasteiger partial charge in [0.25, 0.3) is 5.82 Å². The highest BCUT2D eigenvalue weighted by Gasteiger charge is 2.18. The average Bonchev–Trinajstić information content (AvgIpc) is 2.72. The number of aryl methyl sites for hydroxylation is 1. The van der Waals surface area contributed by atoms with E-state index in [4.69, 9.17) is 16.3 Å². The molecule has 0 atom stereocenters. The quantitative estimate of drug-likeness (QED) is 0.812. The molecule has 0 bridgehead atoms. The third-order valence-corrected chi connectivity index (χ3v) is 2.63. The van der Waals surface area contributed by atoms with Crippen molar-refractivity contribution in [3.8, 4) is 11.4 Å². The fourth-order valence-electron chi connectivity index (χ4n) is 1.57. The molecule has 0 N–H and O–H groups in total. The lowest BCUT2D eigenvalue weighted by Gasteiger charge is -2.01. The third-order valence-electron chi connectivity index (χ3n) is 2.39. The zero-order valence-corrected chi connectivity index (χ0v) is 11.1. The molecule has 0 saturated heterocycles. The Balaban J connectivity index is 2.43. The first-order valence-corrected chi connectivity index (χ1v) is 5.94. The first-order chi connectivity index (χ1) is 9.02. The summed E-state index contributed by atoms with van der Waals surface area (Å²) in [6.45, 7) is 1.91. The van der Waals surface area contributed by atoms with Crippen molar-refractivity contribution in [3.63, 3.8) is 0 Å². The molecule has 0 aliphatic rings. The molecule has 7 heteroatoms. The molecule has 0 fully saturated rings. The van der Waals surface area contributed by atoms with Crippen molar-refractivity contribution in [1.82, 2.24) is 14.8 Å². The van der Waals surface area contributed by atoms with Gasteiger partial charge in [0, 0.05) is 12.1 Å². The summed E-state index contributed by atoms with van der Waals surface area (Å²) in [7, 11) is 1.57. The molecule has 0 aliphatic carbocycles. The number of hydrogen-bond donors (Lipinski definition) is 0. The van der Waals surface area contributed by atoms with Crippen LogP contribution in [0.5, 0.6) is 0 Å². The number of ether oxygens (including phenoxy) is 1. The minimum atomic E-state index is -0.640. The maximum Gasteiger partial charge on any atom is 0.378 e. The van der Waals surface area contributed by atoms with Crippen LogP contribution < -0.4 is 0 Å². The van der Waals surface area contributed by atoms with Gasteiger partial charge in [-0.2, -0.15) is 0 Å². The first-order valence-electron chi connectivity index (χ1n) is 5.56. The lowest BCUT2D eigenvalue weighted by atomic mass is 10.2. The van der Waals surface area contributed by atoms with Gasteiger partial charge < -0.3 is 4.74 Å². The van der Waals surface area contributed by atoms with Crippen LogP contribution in [0.1, 0.15) is 17.5 Å². The minimum Gasteiger partial charge on any atom is -0.460 e. The molecular formula is C12H11ClFN3O2. The molecule has 0 spiro atoms. The lowest BCUT2D eigenvalue weighted by molar-refractivity contribution is 0.0512. The molecule has 0 unspecified atom stereocenters. The number of rotatable bonds is 3. The number of benzene rings is 1. The molecular weight excluding hydrogens is 273 g/mol. The SMILES string of the molecule is CCOC(=O)c1nc(-c2ccc(Cl)cc2F)n(C)n1. The van der Waals surface area contributed by atoms with E-state index in [1.54, 1.807) is 20.0 Å². The Morgan fingerprint density at radius 1 is 1.53 bits per heavy atom. The third kappa shape index (κ3) is 2.73. The van der Waals surface area contributed by atoms with Crippen LogP contribution in [0.2, 0.25) is 5.02 Å². The van der Waals surface area contributed by atoms with Crippen LogP contribution in [-0.2, 0) is 11.8 Å². The second kappa shape index (κ2) is 5.36. The van der Waals surface area contributed by atoms with Crippen LogP contribution in [0, 0.1) is 5.82 Å². The average molecular weight is 284 g/mol. The van der Waals surface area contributed by atoms with Gasteiger partial charge in [-0.3, -0.25) is 0 Å². The Morgan fingerprint density at radius 3 is 2.89 bits per heavy atom. The number of nitrogens with zero attached hydrogens (tertiary/aromatic N) is 3. The summed E-state index contributed by atoms with van der Waals surface area (Å²) < 4.78 is 19.9. The fraction of sp³-hybridized carbons (Fsp3) is 0.250. The van der Waals surface area contributed by atoms with Crippen LogP contribution in [0.4, 0.5) is 4.39 Å². The zero-order valence-electron chi connectivity index (χ0n) is 10.4. The van der Waals surface area contributed by atoms with E-state index < -0.39 is 11.8 Å². The van der Waals surface area contributed by atoms with Crippen molar-refractivity contribution in [2.75, 3.05) is 6.61 Å². The van der Waals surface area contributed by atoms with E-state index >= 15 is 0 Å². The summed E-state index contributed by atoms with van der Waals surface area (Å²) in [4.78, 5) is 15.5. The van der Waals surface area contributed by atoms with Gasteiger partial charge in [0.05, 0.1) is 12.2 Å². The predicted molar refractivity (Wildman–Crippen MR) is 67.4 cm³/mol. The van der Waals surface area contributed by atoms with Crippen LogP contribution in [0.15, 0.2) is 18.2 Å². The molecule has 19 heavy (non-hydrogen) atoms. The molecule has 0 aliphatic heterocycles. The van der Waals surface area contributed by atoms with Crippen LogP contribution >= 0.6 is 11.6 Å². The van der Waals surface area contributed by atoms with E-state index in [1.165, 1.54) is 16.8 Å². The molecule has 0 radical (unpaired) electrons. The van der Waals surface area contributed by atoms with Crippen molar-refractivity contribution in [3.05, 3.63) is 34.9 Å². The van der Waals surface area contributed by atoms with Crippen LogP contribution in [-0.4, -0.2) is 27.3 Å². The summed E-state index contributed by atoms with van der Waals surface area (Å²) >= 11 is 5.68. The molecule has 100 valence electrons. The molecule has 1 heterocycles. The standard InChI is InChI=1S/C12H11ClFN3O2/c1-3-19-12(18)10-15-11(17(2)16-10)8-5-4-7(13)6-9(8)14/h4-6H,3H2,1-2H3. The number of carbonyl (C=O) groups excluding carboxylic acids is 1. The molecule has 1 aromatic heterocycles. The summed E-state index contributed by atoms with van der Waals surface area (Å²) in [6, 6.07) is 4.20. The van der Waals surface area contributed by atoms with Gasteiger partial charge in [0.1, 0.15) is 5.82 Å². The Morgan fingerprint density at radius 2 is 2.26 bits per heavy atom. The highest BCUT2D eigenvalue weighted by atomic mass is 35.5. The minimum absolute atomic E-state index is 0.103. The largest absolute Gasteiger partial charge is 0.460 e. The predicted octanol–water partition coefficient (Wildman–Crippen LogP) is 2.45. The van der Waals surface area contributed by atoms with Gasteiger partial charge in [-0.25, -0.2) is 18.9 Å². The van der Waals surface area contributed by atoms with Crippen LogP contribution in [0.3, 0.4) is 0 Å². The fourth-order valence-corrected chi connectivity index (χ4v) is 1.73. The first kappa shape index (κ1) is 13.5. The van der Waals surface area contributed by atoms with Crippen molar-refractivity contribution < 1.29 is 13.9 Å². The van der Waals surface area contributed by atoms with E-state index in [0.29, 0.717) is 0 Å². The van der Waals surface area contributed by atoms with Gasteiger partial charge in [0.15, 0.2) is 5.82 Å². The van der Waals surface area contributed by atoms with E-state index in [-0.39, 0.29) is 28.8 Å². The Kier molecular flexibility index (Phi) is 3.80. The molecule has 1 aromatic carbocycles. The maximum atomic E-state index is 13.8. The van der Waals surface area contributed by atoms with Gasteiger partial charge >= 0.3 is 5.97 Å². The van der Waals surface area contributed by atoms with Crippen molar-refractivity contribution in [1.29, 1.82) is 0 Å². The zero-order chi connectivity index (χ0) is 14.0. The van der Waals surface area contributed by atoms with Gasteiger partial charge in [-0.15, -0.1) is 5.10 Å². The summed E-state index contributed by atoms with van der Waals surface area (Å²) in [6.07, 6.45) is 0. The van der Waals surface area contributed by atoms with Gasteiger partial charge in [0.2, 0.25) is 0 Å².